The number of hydrogen-bond acceptors (Lipinski definition) is 3. The second-order valence-electron chi connectivity index (χ2n) is 8.31. The number of likely N-dealkylation sites (tertiary alicyclic amines) is 1. The van der Waals surface area contributed by atoms with E-state index in [-0.39, 0.29) is 17.8 Å². The highest BCUT2D eigenvalue weighted by atomic mass is 35.5. The van der Waals surface area contributed by atoms with E-state index < -0.39 is 0 Å². The Hall–Kier alpha value is -2.57. The molecule has 1 aliphatic carbocycles. The lowest BCUT2D eigenvalue weighted by Gasteiger charge is -2.31. The SMILES string of the molecule is O=C1CCCN1[C@H]1CCc2[nH]nc(Cc3c(Cl)cc(Oc4ccc(F)cc4)cc3Cl)c2C1. The molecule has 1 atom stereocenters. The quantitative estimate of drug-likeness (QED) is 0.515. The van der Waals surface area contributed by atoms with Crippen molar-refractivity contribution in [2.24, 2.45) is 0 Å². The number of H-pyrrole nitrogens is 1. The predicted octanol–water partition coefficient (Wildman–Crippen LogP) is 5.72. The number of aromatic nitrogens is 2. The maximum Gasteiger partial charge on any atom is 0.222 e. The van der Waals surface area contributed by atoms with Crippen LogP contribution in [0.2, 0.25) is 10.0 Å². The molecule has 1 saturated heterocycles. The summed E-state index contributed by atoms with van der Waals surface area (Å²) in [5, 5.41) is 8.66. The van der Waals surface area contributed by atoms with Gasteiger partial charge < -0.3 is 9.64 Å². The van der Waals surface area contributed by atoms with Gasteiger partial charge >= 0.3 is 0 Å². The molecular weight excluding hydrogens is 452 g/mol. The van der Waals surface area contributed by atoms with Crippen molar-refractivity contribution in [1.82, 2.24) is 15.1 Å². The third-order valence-corrected chi connectivity index (χ3v) is 6.94. The molecule has 0 spiro atoms. The minimum absolute atomic E-state index is 0.228. The van der Waals surface area contributed by atoms with Gasteiger partial charge in [0.15, 0.2) is 0 Å². The lowest BCUT2D eigenvalue weighted by atomic mass is 9.89. The number of hydrogen-bond donors (Lipinski definition) is 1. The number of amides is 1. The molecular formula is C24H22Cl2FN3O2. The normalized spacial score (nSPS) is 18.2. The summed E-state index contributed by atoms with van der Waals surface area (Å²) < 4.78 is 18.9. The molecule has 5 nitrogen and oxygen atoms in total. The minimum atomic E-state index is -0.331. The van der Waals surface area contributed by atoms with Gasteiger partial charge in [0.2, 0.25) is 5.91 Å². The van der Waals surface area contributed by atoms with Gasteiger partial charge in [0.1, 0.15) is 17.3 Å². The van der Waals surface area contributed by atoms with Gasteiger partial charge in [-0.25, -0.2) is 4.39 Å². The Bertz CT molecular complexity index is 1140. The zero-order valence-electron chi connectivity index (χ0n) is 17.3. The number of carbonyl (C=O) groups is 1. The van der Waals surface area contributed by atoms with Crippen molar-refractivity contribution in [3.8, 4) is 11.5 Å². The number of aromatic amines is 1. The molecule has 32 heavy (non-hydrogen) atoms. The zero-order chi connectivity index (χ0) is 22.2. The molecule has 1 N–H and O–H groups in total. The minimum Gasteiger partial charge on any atom is -0.457 e. The van der Waals surface area contributed by atoms with Crippen molar-refractivity contribution in [2.75, 3.05) is 6.54 Å². The largest absolute Gasteiger partial charge is 0.457 e. The summed E-state index contributed by atoms with van der Waals surface area (Å²) in [6, 6.07) is 9.39. The van der Waals surface area contributed by atoms with Crippen LogP contribution in [0.1, 0.15) is 41.8 Å². The lowest BCUT2D eigenvalue weighted by Crippen LogP contribution is -2.40. The second kappa shape index (κ2) is 8.75. The van der Waals surface area contributed by atoms with E-state index in [2.05, 4.69) is 10.2 Å². The van der Waals surface area contributed by atoms with E-state index in [9.17, 15) is 9.18 Å². The van der Waals surface area contributed by atoms with Gasteiger partial charge in [-0.2, -0.15) is 5.10 Å². The van der Waals surface area contributed by atoms with E-state index >= 15 is 0 Å². The number of rotatable bonds is 5. The molecule has 0 unspecified atom stereocenters. The van der Waals surface area contributed by atoms with E-state index in [4.69, 9.17) is 27.9 Å². The average molecular weight is 474 g/mol. The molecule has 1 aromatic heterocycles. The number of halogens is 3. The Morgan fingerprint density at radius 2 is 1.88 bits per heavy atom. The van der Waals surface area contributed by atoms with Gasteiger partial charge in [0.25, 0.3) is 0 Å². The molecule has 5 rings (SSSR count). The molecule has 1 amide bonds. The third-order valence-electron chi connectivity index (χ3n) is 6.26. The van der Waals surface area contributed by atoms with Crippen LogP contribution >= 0.6 is 23.2 Å². The van der Waals surface area contributed by atoms with Crippen LogP contribution in [0.15, 0.2) is 36.4 Å². The first kappa shape index (κ1) is 21.3. The van der Waals surface area contributed by atoms with Crippen molar-refractivity contribution in [2.45, 2.75) is 44.6 Å². The van der Waals surface area contributed by atoms with E-state index in [1.165, 1.54) is 17.7 Å². The maximum atomic E-state index is 13.1. The smallest absolute Gasteiger partial charge is 0.222 e. The van der Waals surface area contributed by atoms with E-state index in [0.29, 0.717) is 34.4 Å². The van der Waals surface area contributed by atoms with Crippen LogP contribution in [0.25, 0.3) is 0 Å². The van der Waals surface area contributed by atoms with Gasteiger partial charge in [0.05, 0.1) is 5.69 Å². The zero-order valence-corrected chi connectivity index (χ0v) is 18.8. The lowest BCUT2D eigenvalue weighted by molar-refractivity contribution is -0.129. The molecule has 166 valence electrons. The van der Waals surface area contributed by atoms with Crippen molar-refractivity contribution < 1.29 is 13.9 Å². The second-order valence-corrected chi connectivity index (χ2v) is 9.13. The van der Waals surface area contributed by atoms with Crippen molar-refractivity contribution >= 4 is 29.1 Å². The van der Waals surface area contributed by atoms with Crippen LogP contribution in [0.5, 0.6) is 11.5 Å². The molecule has 3 aromatic rings. The van der Waals surface area contributed by atoms with Crippen molar-refractivity contribution in [3.63, 3.8) is 0 Å². The van der Waals surface area contributed by atoms with Gasteiger partial charge in [0, 0.05) is 41.2 Å². The molecule has 2 heterocycles. The molecule has 8 heteroatoms. The van der Waals surface area contributed by atoms with Crippen LogP contribution < -0.4 is 4.74 Å². The molecule has 1 aliphatic heterocycles. The number of benzene rings is 2. The van der Waals surface area contributed by atoms with Gasteiger partial charge in [-0.05, 0) is 73.2 Å². The monoisotopic (exact) mass is 473 g/mol. The topological polar surface area (TPSA) is 58.2 Å². The van der Waals surface area contributed by atoms with E-state index in [1.807, 2.05) is 4.90 Å². The van der Waals surface area contributed by atoms with Crippen LogP contribution in [-0.2, 0) is 24.1 Å². The molecule has 2 aliphatic rings. The number of fused-ring (bicyclic) bond motifs is 1. The Morgan fingerprint density at radius 1 is 1.12 bits per heavy atom. The molecule has 0 bridgehead atoms. The maximum absolute atomic E-state index is 13.1. The first-order chi connectivity index (χ1) is 15.5. The fourth-order valence-electron chi connectivity index (χ4n) is 4.62. The molecule has 0 saturated carbocycles. The molecule has 0 radical (unpaired) electrons. The van der Waals surface area contributed by atoms with Crippen LogP contribution in [-0.4, -0.2) is 33.6 Å². The highest BCUT2D eigenvalue weighted by Crippen LogP contribution is 2.36. The standard InChI is InChI=1S/C24H22Cl2FN3O2/c25-20-11-17(32-16-6-3-14(27)4-7-16)12-21(26)18(20)13-23-19-10-15(5-8-22(19)28-29-23)30-9-1-2-24(30)31/h3-4,6-7,11-12,15H,1-2,5,8-10,13H2,(H,28,29)/t15-/m0/s1. The summed E-state index contributed by atoms with van der Waals surface area (Å²) >= 11 is 13.1. The number of ether oxygens (including phenoxy) is 1. The summed E-state index contributed by atoms with van der Waals surface area (Å²) in [6.07, 6.45) is 4.71. The Morgan fingerprint density at radius 3 is 2.56 bits per heavy atom. The van der Waals surface area contributed by atoms with E-state index in [0.717, 1.165) is 49.2 Å². The highest BCUT2D eigenvalue weighted by Gasteiger charge is 2.32. The van der Waals surface area contributed by atoms with Crippen LogP contribution in [0.3, 0.4) is 0 Å². The third kappa shape index (κ3) is 4.21. The van der Waals surface area contributed by atoms with Gasteiger partial charge in [-0.1, -0.05) is 23.2 Å². The summed E-state index contributed by atoms with van der Waals surface area (Å²) in [6.45, 7) is 0.846. The Labute approximate surface area is 195 Å². The summed E-state index contributed by atoms with van der Waals surface area (Å²) in [4.78, 5) is 14.2. The fourth-order valence-corrected chi connectivity index (χ4v) is 5.22. The highest BCUT2D eigenvalue weighted by molar-refractivity contribution is 6.36. The Kier molecular flexibility index (Phi) is 5.82. The van der Waals surface area contributed by atoms with Crippen molar-refractivity contribution in [3.05, 3.63) is 74.8 Å². The summed E-state index contributed by atoms with van der Waals surface area (Å²) in [7, 11) is 0. The van der Waals surface area contributed by atoms with Gasteiger partial charge in [-0.15, -0.1) is 0 Å². The van der Waals surface area contributed by atoms with E-state index in [1.54, 1.807) is 24.3 Å². The summed E-state index contributed by atoms with van der Waals surface area (Å²) in [5.41, 5.74) is 3.98. The number of carbonyl (C=O) groups excluding carboxylic acids is 1. The predicted molar refractivity (Wildman–Crippen MR) is 121 cm³/mol. The average Bonchev–Trinajstić information content (AvgIpc) is 3.38. The number of nitrogens with one attached hydrogen (secondary N) is 1. The van der Waals surface area contributed by atoms with Crippen LogP contribution in [0, 0.1) is 5.82 Å². The van der Waals surface area contributed by atoms with Gasteiger partial charge in [-0.3, -0.25) is 9.89 Å². The Balaban J connectivity index is 1.35. The molecule has 1 fully saturated rings. The van der Waals surface area contributed by atoms with Crippen molar-refractivity contribution in [1.29, 1.82) is 0 Å². The number of aryl methyl sites for hydroxylation is 1. The van der Waals surface area contributed by atoms with Crippen LogP contribution in [0.4, 0.5) is 4.39 Å². The number of nitrogens with zero attached hydrogens (tertiary/aromatic N) is 2. The fraction of sp³-hybridized carbons (Fsp3) is 0.333. The first-order valence-corrected chi connectivity index (χ1v) is 11.5. The summed E-state index contributed by atoms with van der Waals surface area (Å²) in [5.74, 6) is 0.899. The first-order valence-electron chi connectivity index (χ1n) is 10.7. The molecule has 2 aromatic carbocycles.